The Morgan fingerprint density at radius 1 is 0.889 bits per heavy atom. The SMILES string of the molecule is CN(C)c1c(O)cc(C(C)(C)C)cc1C(C)(C)C. The van der Waals surface area contributed by atoms with E-state index in [1.807, 2.05) is 25.1 Å². The molecule has 0 aliphatic rings. The molecule has 0 aromatic heterocycles. The highest BCUT2D eigenvalue weighted by molar-refractivity contribution is 5.66. The van der Waals surface area contributed by atoms with Gasteiger partial charge < -0.3 is 10.0 Å². The molecule has 0 saturated heterocycles. The Labute approximate surface area is 112 Å². The zero-order valence-corrected chi connectivity index (χ0v) is 13.0. The molecule has 0 aliphatic carbocycles. The Kier molecular flexibility index (Phi) is 3.71. The maximum atomic E-state index is 10.3. The summed E-state index contributed by atoms with van der Waals surface area (Å²) < 4.78 is 0. The Bertz CT molecular complexity index is 434. The third kappa shape index (κ3) is 2.98. The van der Waals surface area contributed by atoms with E-state index in [9.17, 15) is 5.11 Å². The summed E-state index contributed by atoms with van der Waals surface area (Å²) in [6, 6.07) is 4.12. The number of nitrogens with zero attached hydrogens (tertiary/aromatic N) is 1. The van der Waals surface area contributed by atoms with Crippen molar-refractivity contribution in [1.29, 1.82) is 0 Å². The summed E-state index contributed by atoms with van der Waals surface area (Å²) >= 11 is 0. The molecule has 1 aromatic rings. The van der Waals surface area contributed by atoms with Crippen molar-refractivity contribution in [3.8, 4) is 5.75 Å². The number of phenols is 1. The third-order valence-electron chi connectivity index (χ3n) is 3.21. The molecule has 2 nitrogen and oxygen atoms in total. The van der Waals surface area contributed by atoms with Gasteiger partial charge >= 0.3 is 0 Å². The number of phenolic OH excluding ortho intramolecular Hbond substituents is 1. The van der Waals surface area contributed by atoms with Crippen molar-refractivity contribution in [2.45, 2.75) is 52.4 Å². The van der Waals surface area contributed by atoms with Crippen LogP contribution in [0.15, 0.2) is 12.1 Å². The molecular formula is C16H27NO. The summed E-state index contributed by atoms with van der Waals surface area (Å²) in [5.41, 5.74) is 3.35. The summed E-state index contributed by atoms with van der Waals surface area (Å²) in [5, 5.41) is 10.3. The van der Waals surface area contributed by atoms with Gasteiger partial charge in [-0.2, -0.15) is 0 Å². The van der Waals surface area contributed by atoms with Crippen LogP contribution in [0, 0.1) is 0 Å². The average molecular weight is 249 g/mol. The quantitative estimate of drug-likeness (QED) is 0.811. The molecular weight excluding hydrogens is 222 g/mol. The van der Waals surface area contributed by atoms with Crippen molar-refractivity contribution in [2.75, 3.05) is 19.0 Å². The lowest BCUT2D eigenvalue weighted by Crippen LogP contribution is -2.21. The summed E-state index contributed by atoms with van der Waals surface area (Å²) in [7, 11) is 3.95. The lowest BCUT2D eigenvalue weighted by Gasteiger charge is -2.30. The lowest BCUT2D eigenvalue weighted by molar-refractivity contribution is 0.466. The van der Waals surface area contributed by atoms with Gasteiger partial charge in [-0.15, -0.1) is 0 Å². The summed E-state index contributed by atoms with van der Waals surface area (Å²) in [6.07, 6.45) is 0. The maximum Gasteiger partial charge on any atom is 0.139 e. The van der Waals surface area contributed by atoms with Crippen molar-refractivity contribution in [1.82, 2.24) is 0 Å². The second-order valence-corrected chi connectivity index (χ2v) is 7.29. The number of aromatic hydroxyl groups is 1. The van der Waals surface area contributed by atoms with E-state index in [-0.39, 0.29) is 10.8 Å². The van der Waals surface area contributed by atoms with E-state index in [0.29, 0.717) is 5.75 Å². The van der Waals surface area contributed by atoms with Gasteiger partial charge in [-0.25, -0.2) is 0 Å². The first-order valence-electron chi connectivity index (χ1n) is 6.50. The lowest BCUT2D eigenvalue weighted by atomic mass is 9.79. The van der Waals surface area contributed by atoms with Crippen LogP contribution in [-0.2, 0) is 10.8 Å². The summed E-state index contributed by atoms with van der Waals surface area (Å²) in [4.78, 5) is 1.99. The van der Waals surface area contributed by atoms with Crippen LogP contribution in [-0.4, -0.2) is 19.2 Å². The van der Waals surface area contributed by atoms with E-state index < -0.39 is 0 Å². The summed E-state index contributed by atoms with van der Waals surface area (Å²) in [6.45, 7) is 13.1. The predicted octanol–water partition coefficient (Wildman–Crippen LogP) is 4.05. The van der Waals surface area contributed by atoms with Crippen molar-refractivity contribution in [3.05, 3.63) is 23.3 Å². The molecule has 0 bridgehead atoms. The van der Waals surface area contributed by atoms with Crippen LogP contribution in [0.5, 0.6) is 5.75 Å². The molecule has 0 spiro atoms. The molecule has 1 rings (SSSR count). The molecule has 0 atom stereocenters. The van der Waals surface area contributed by atoms with Gasteiger partial charge in [-0.1, -0.05) is 47.6 Å². The largest absolute Gasteiger partial charge is 0.506 e. The Hall–Kier alpha value is -1.18. The van der Waals surface area contributed by atoms with Gasteiger partial charge in [0.25, 0.3) is 0 Å². The Morgan fingerprint density at radius 2 is 1.39 bits per heavy atom. The van der Waals surface area contributed by atoms with Crippen molar-refractivity contribution in [2.24, 2.45) is 0 Å². The second kappa shape index (κ2) is 4.49. The first-order valence-corrected chi connectivity index (χ1v) is 6.50. The van der Waals surface area contributed by atoms with E-state index in [0.717, 1.165) is 5.69 Å². The van der Waals surface area contributed by atoms with Crippen molar-refractivity contribution >= 4 is 5.69 Å². The smallest absolute Gasteiger partial charge is 0.139 e. The highest BCUT2D eigenvalue weighted by atomic mass is 16.3. The second-order valence-electron chi connectivity index (χ2n) is 7.29. The molecule has 0 radical (unpaired) electrons. The van der Waals surface area contributed by atoms with Crippen LogP contribution in [0.3, 0.4) is 0 Å². The molecule has 0 amide bonds. The van der Waals surface area contributed by atoms with Gasteiger partial charge in [0.05, 0.1) is 5.69 Å². The highest BCUT2D eigenvalue weighted by Crippen LogP contribution is 2.41. The number of rotatable bonds is 1. The normalized spacial score (nSPS) is 12.7. The van der Waals surface area contributed by atoms with Gasteiger partial charge in [-0.3, -0.25) is 0 Å². The number of hydrogen-bond acceptors (Lipinski definition) is 2. The molecule has 0 unspecified atom stereocenters. The van der Waals surface area contributed by atoms with E-state index in [2.05, 4.69) is 47.6 Å². The fraction of sp³-hybridized carbons (Fsp3) is 0.625. The van der Waals surface area contributed by atoms with Crippen LogP contribution in [0.4, 0.5) is 5.69 Å². The molecule has 2 heteroatoms. The number of hydrogen-bond donors (Lipinski definition) is 1. The average Bonchev–Trinajstić information content (AvgIpc) is 2.12. The molecule has 0 heterocycles. The van der Waals surface area contributed by atoms with Gasteiger partial charge in [0.2, 0.25) is 0 Å². The van der Waals surface area contributed by atoms with Gasteiger partial charge in [0, 0.05) is 14.1 Å². The fourth-order valence-electron chi connectivity index (χ4n) is 2.09. The maximum absolute atomic E-state index is 10.3. The zero-order chi connectivity index (χ0) is 14.3. The van der Waals surface area contributed by atoms with Gasteiger partial charge in [0.15, 0.2) is 0 Å². The van der Waals surface area contributed by atoms with E-state index in [4.69, 9.17) is 0 Å². The fourth-order valence-corrected chi connectivity index (χ4v) is 2.09. The summed E-state index contributed by atoms with van der Waals surface area (Å²) in [5.74, 6) is 0.373. The number of anilines is 1. The first kappa shape index (κ1) is 14.9. The van der Waals surface area contributed by atoms with Crippen molar-refractivity contribution in [3.63, 3.8) is 0 Å². The first-order chi connectivity index (χ1) is 7.94. The Balaban J connectivity index is 3.58. The molecule has 0 aliphatic heterocycles. The van der Waals surface area contributed by atoms with Crippen LogP contribution in [0.1, 0.15) is 52.7 Å². The standard InChI is InChI=1S/C16H27NO/c1-15(2,3)11-9-12(16(4,5)6)14(17(7)8)13(18)10-11/h9-10,18H,1-8H3. The van der Waals surface area contributed by atoms with E-state index in [1.54, 1.807) is 0 Å². The monoisotopic (exact) mass is 249 g/mol. The van der Waals surface area contributed by atoms with E-state index in [1.165, 1.54) is 11.1 Å². The molecule has 0 fully saturated rings. The minimum Gasteiger partial charge on any atom is -0.506 e. The zero-order valence-electron chi connectivity index (χ0n) is 13.0. The number of benzene rings is 1. The van der Waals surface area contributed by atoms with Crippen molar-refractivity contribution < 1.29 is 5.11 Å². The minimum absolute atomic E-state index is 0.0122. The highest BCUT2D eigenvalue weighted by Gasteiger charge is 2.25. The molecule has 18 heavy (non-hydrogen) atoms. The minimum atomic E-state index is 0.0122. The van der Waals surface area contributed by atoms with Gasteiger partial charge in [0.1, 0.15) is 5.75 Å². The molecule has 102 valence electrons. The van der Waals surface area contributed by atoms with E-state index >= 15 is 0 Å². The molecule has 0 saturated carbocycles. The topological polar surface area (TPSA) is 23.5 Å². The van der Waals surface area contributed by atoms with Crippen LogP contribution in [0.25, 0.3) is 0 Å². The predicted molar refractivity (Wildman–Crippen MR) is 79.8 cm³/mol. The Morgan fingerprint density at radius 3 is 1.72 bits per heavy atom. The van der Waals surface area contributed by atoms with Gasteiger partial charge in [-0.05, 0) is 28.0 Å². The van der Waals surface area contributed by atoms with Crippen LogP contribution >= 0.6 is 0 Å². The third-order valence-corrected chi connectivity index (χ3v) is 3.21. The molecule has 1 aromatic carbocycles. The van der Waals surface area contributed by atoms with Crippen LogP contribution in [0.2, 0.25) is 0 Å². The molecule has 1 N–H and O–H groups in total. The van der Waals surface area contributed by atoms with Crippen LogP contribution < -0.4 is 4.90 Å².